The summed E-state index contributed by atoms with van der Waals surface area (Å²) in [5.41, 5.74) is 2.80. The molecule has 2 aromatic carbocycles. The molecule has 1 amide bonds. The van der Waals surface area contributed by atoms with E-state index in [1.54, 1.807) is 18.2 Å². The predicted molar refractivity (Wildman–Crippen MR) is 112 cm³/mol. The highest BCUT2D eigenvalue weighted by atomic mass is 35.5. The second kappa shape index (κ2) is 10.1. The summed E-state index contributed by atoms with van der Waals surface area (Å²) in [6, 6.07) is 10.4. The standard InChI is InChI=1S/C22H24ClNO5/c1-13-5-6-14(2)17(11-13)19(25)8-10-21(26)29-15(3)22(27)24-18-12-16(23)7-9-20(18)28-4/h5-7,9,11-12,15H,8,10H2,1-4H3,(H,24,27). The lowest BCUT2D eigenvalue weighted by atomic mass is 9.99. The highest BCUT2D eigenvalue weighted by Gasteiger charge is 2.20. The Kier molecular flexibility index (Phi) is 7.79. The van der Waals surface area contributed by atoms with Crippen molar-refractivity contribution in [2.75, 3.05) is 12.4 Å². The minimum absolute atomic E-state index is 0.0135. The van der Waals surface area contributed by atoms with Gasteiger partial charge in [0.05, 0.1) is 19.2 Å². The summed E-state index contributed by atoms with van der Waals surface area (Å²) < 4.78 is 10.3. The molecule has 0 radical (unpaired) electrons. The Morgan fingerprint density at radius 2 is 1.79 bits per heavy atom. The van der Waals surface area contributed by atoms with Gasteiger partial charge in [0.15, 0.2) is 11.9 Å². The van der Waals surface area contributed by atoms with Crippen molar-refractivity contribution in [2.45, 2.75) is 39.7 Å². The third kappa shape index (κ3) is 6.32. The van der Waals surface area contributed by atoms with Crippen LogP contribution in [-0.2, 0) is 14.3 Å². The van der Waals surface area contributed by atoms with Crippen LogP contribution in [0.5, 0.6) is 5.75 Å². The summed E-state index contributed by atoms with van der Waals surface area (Å²) >= 11 is 5.94. The number of ether oxygens (including phenoxy) is 2. The van der Waals surface area contributed by atoms with Crippen LogP contribution in [0.3, 0.4) is 0 Å². The molecule has 1 unspecified atom stereocenters. The molecule has 0 bridgehead atoms. The summed E-state index contributed by atoms with van der Waals surface area (Å²) in [5.74, 6) is -0.853. The Morgan fingerprint density at radius 3 is 2.48 bits per heavy atom. The van der Waals surface area contributed by atoms with E-state index in [4.69, 9.17) is 21.1 Å². The number of esters is 1. The molecule has 0 saturated heterocycles. The molecule has 0 saturated carbocycles. The van der Waals surface area contributed by atoms with Crippen LogP contribution in [0.1, 0.15) is 41.3 Å². The molecular weight excluding hydrogens is 394 g/mol. The van der Waals surface area contributed by atoms with Crippen LogP contribution in [0.25, 0.3) is 0 Å². The minimum Gasteiger partial charge on any atom is -0.495 e. The number of hydrogen-bond donors (Lipinski definition) is 1. The van der Waals surface area contributed by atoms with Gasteiger partial charge >= 0.3 is 5.97 Å². The van der Waals surface area contributed by atoms with E-state index in [1.165, 1.54) is 20.1 Å². The van der Waals surface area contributed by atoms with E-state index in [-0.39, 0.29) is 18.6 Å². The van der Waals surface area contributed by atoms with Crippen molar-refractivity contribution in [1.82, 2.24) is 0 Å². The number of ketones is 1. The van der Waals surface area contributed by atoms with Crippen molar-refractivity contribution in [1.29, 1.82) is 0 Å². The molecule has 29 heavy (non-hydrogen) atoms. The second-order valence-electron chi connectivity index (χ2n) is 6.71. The fraction of sp³-hybridized carbons (Fsp3) is 0.318. The summed E-state index contributed by atoms with van der Waals surface area (Å²) in [7, 11) is 1.47. The number of anilines is 1. The number of carbonyl (C=O) groups is 3. The quantitative estimate of drug-likeness (QED) is 0.505. The minimum atomic E-state index is -1.04. The molecule has 1 N–H and O–H groups in total. The molecule has 0 spiro atoms. The van der Waals surface area contributed by atoms with Gasteiger partial charge < -0.3 is 14.8 Å². The van der Waals surface area contributed by atoms with Gasteiger partial charge in [0.25, 0.3) is 5.91 Å². The second-order valence-corrected chi connectivity index (χ2v) is 7.14. The number of aryl methyl sites for hydroxylation is 2. The molecule has 0 fully saturated rings. The van der Waals surface area contributed by atoms with Crippen molar-refractivity contribution in [3.8, 4) is 5.75 Å². The lowest BCUT2D eigenvalue weighted by molar-refractivity contribution is -0.153. The Bertz CT molecular complexity index is 925. The molecule has 2 rings (SSSR count). The number of hydrogen-bond acceptors (Lipinski definition) is 5. The van der Waals surface area contributed by atoms with E-state index in [0.717, 1.165) is 11.1 Å². The number of nitrogens with one attached hydrogen (secondary N) is 1. The first kappa shape index (κ1) is 22.4. The van der Waals surface area contributed by atoms with Crippen LogP contribution in [0.15, 0.2) is 36.4 Å². The molecule has 0 aliphatic rings. The van der Waals surface area contributed by atoms with E-state index in [9.17, 15) is 14.4 Å². The maximum absolute atomic E-state index is 12.4. The van der Waals surface area contributed by atoms with Crippen molar-refractivity contribution in [2.24, 2.45) is 0 Å². The third-order valence-electron chi connectivity index (χ3n) is 4.35. The highest BCUT2D eigenvalue weighted by Crippen LogP contribution is 2.27. The summed E-state index contributed by atoms with van der Waals surface area (Å²) in [5, 5.41) is 3.05. The van der Waals surface area contributed by atoms with Crippen LogP contribution in [0, 0.1) is 13.8 Å². The normalized spacial score (nSPS) is 11.5. The zero-order valence-corrected chi connectivity index (χ0v) is 17.6. The van der Waals surface area contributed by atoms with Gasteiger partial charge in [0, 0.05) is 17.0 Å². The molecular formula is C22H24ClNO5. The Hall–Kier alpha value is -2.86. The lowest BCUT2D eigenvalue weighted by Gasteiger charge is -2.15. The van der Waals surface area contributed by atoms with Crippen LogP contribution >= 0.6 is 11.6 Å². The van der Waals surface area contributed by atoms with E-state index in [1.807, 2.05) is 26.0 Å². The molecule has 6 nitrogen and oxygen atoms in total. The van der Waals surface area contributed by atoms with Crippen molar-refractivity contribution < 1.29 is 23.9 Å². The summed E-state index contributed by atoms with van der Waals surface area (Å²) in [6.07, 6.45) is -1.13. The SMILES string of the molecule is COc1ccc(Cl)cc1NC(=O)C(C)OC(=O)CCC(=O)c1cc(C)ccc1C. The predicted octanol–water partition coefficient (Wildman–Crippen LogP) is 4.50. The highest BCUT2D eigenvalue weighted by molar-refractivity contribution is 6.31. The first-order chi connectivity index (χ1) is 13.7. The molecule has 154 valence electrons. The van der Waals surface area contributed by atoms with Crippen molar-refractivity contribution in [3.05, 3.63) is 58.1 Å². The average molecular weight is 418 g/mol. The first-order valence-corrected chi connectivity index (χ1v) is 9.53. The van der Waals surface area contributed by atoms with Gasteiger partial charge in [-0.25, -0.2) is 0 Å². The number of halogens is 1. The van der Waals surface area contributed by atoms with Crippen LogP contribution < -0.4 is 10.1 Å². The van der Waals surface area contributed by atoms with E-state index in [0.29, 0.717) is 22.0 Å². The first-order valence-electron chi connectivity index (χ1n) is 9.15. The van der Waals surface area contributed by atoms with E-state index >= 15 is 0 Å². The summed E-state index contributed by atoms with van der Waals surface area (Å²) in [4.78, 5) is 36.8. The van der Waals surface area contributed by atoms with Crippen LogP contribution in [0.4, 0.5) is 5.69 Å². The molecule has 0 aromatic heterocycles. The molecule has 7 heteroatoms. The molecule has 0 aliphatic carbocycles. The van der Waals surface area contributed by atoms with Gasteiger partial charge in [-0.3, -0.25) is 14.4 Å². The fourth-order valence-corrected chi connectivity index (χ4v) is 2.88. The monoisotopic (exact) mass is 417 g/mol. The number of benzene rings is 2. The Labute approximate surface area is 175 Å². The zero-order chi connectivity index (χ0) is 21.6. The Morgan fingerprint density at radius 1 is 1.07 bits per heavy atom. The number of rotatable bonds is 8. The van der Waals surface area contributed by atoms with Gasteiger partial charge in [0.2, 0.25) is 0 Å². The number of carbonyl (C=O) groups excluding carboxylic acids is 3. The molecule has 0 heterocycles. The maximum atomic E-state index is 12.4. The van der Waals surface area contributed by atoms with Gasteiger partial charge in [-0.2, -0.15) is 0 Å². The van der Waals surface area contributed by atoms with Crippen LogP contribution in [0.2, 0.25) is 5.02 Å². The van der Waals surface area contributed by atoms with E-state index in [2.05, 4.69) is 5.32 Å². The number of amides is 1. The molecule has 0 aliphatic heterocycles. The molecule has 1 atom stereocenters. The van der Waals surface area contributed by atoms with Gasteiger partial charge in [-0.15, -0.1) is 0 Å². The average Bonchev–Trinajstić information content (AvgIpc) is 2.68. The zero-order valence-electron chi connectivity index (χ0n) is 16.9. The lowest BCUT2D eigenvalue weighted by Crippen LogP contribution is -2.30. The van der Waals surface area contributed by atoms with Gasteiger partial charge in [-0.1, -0.05) is 29.3 Å². The van der Waals surface area contributed by atoms with E-state index < -0.39 is 18.0 Å². The largest absolute Gasteiger partial charge is 0.495 e. The topological polar surface area (TPSA) is 81.7 Å². The number of Topliss-reactive ketones (excluding diaryl/α,β-unsaturated/α-hetero) is 1. The Balaban J connectivity index is 1.90. The van der Waals surface area contributed by atoms with Gasteiger partial charge in [0.1, 0.15) is 5.75 Å². The molecule has 2 aromatic rings. The maximum Gasteiger partial charge on any atom is 0.307 e. The smallest absolute Gasteiger partial charge is 0.307 e. The van der Waals surface area contributed by atoms with Crippen molar-refractivity contribution >= 4 is 34.9 Å². The van der Waals surface area contributed by atoms with Gasteiger partial charge in [-0.05, 0) is 50.6 Å². The number of methoxy groups -OCH3 is 1. The fourth-order valence-electron chi connectivity index (χ4n) is 2.71. The van der Waals surface area contributed by atoms with Crippen LogP contribution in [-0.4, -0.2) is 30.9 Å². The summed E-state index contributed by atoms with van der Waals surface area (Å²) in [6.45, 7) is 5.21. The van der Waals surface area contributed by atoms with Crippen molar-refractivity contribution in [3.63, 3.8) is 0 Å². The third-order valence-corrected chi connectivity index (χ3v) is 4.58.